The largest absolute Gasteiger partial charge is 0.381 e. The van der Waals surface area contributed by atoms with Gasteiger partial charge in [-0.3, -0.25) is 4.99 Å². The Hall–Kier alpha value is -0.0400. The van der Waals surface area contributed by atoms with E-state index in [0.717, 1.165) is 38.8 Å². The molecule has 5 heteroatoms. The van der Waals surface area contributed by atoms with E-state index >= 15 is 0 Å². The molecule has 0 aromatic rings. The summed E-state index contributed by atoms with van der Waals surface area (Å²) in [6.45, 7) is 16.5. The van der Waals surface area contributed by atoms with Crippen molar-refractivity contribution in [3.8, 4) is 0 Å². The topological polar surface area (TPSA) is 36.9 Å². The van der Waals surface area contributed by atoms with Crippen molar-refractivity contribution < 1.29 is 4.74 Å². The lowest BCUT2D eigenvalue weighted by Crippen LogP contribution is -2.44. The first-order valence-corrected chi connectivity index (χ1v) is 8.46. The number of hydrogen-bond donors (Lipinski definition) is 1. The third kappa shape index (κ3) is 2.87. The molecule has 0 aromatic carbocycles. The summed E-state index contributed by atoms with van der Waals surface area (Å²) < 4.78 is 5.64. The van der Waals surface area contributed by atoms with Gasteiger partial charge in [0.15, 0.2) is 5.96 Å². The molecule has 1 aliphatic carbocycles. The van der Waals surface area contributed by atoms with Crippen molar-refractivity contribution >= 4 is 29.9 Å². The van der Waals surface area contributed by atoms with Gasteiger partial charge >= 0.3 is 0 Å². The van der Waals surface area contributed by atoms with Crippen LogP contribution in [-0.4, -0.2) is 49.7 Å². The van der Waals surface area contributed by atoms with Crippen LogP contribution in [0.1, 0.15) is 47.5 Å². The van der Waals surface area contributed by atoms with Crippen molar-refractivity contribution in [2.24, 2.45) is 21.2 Å². The molecule has 1 spiro atoms. The van der Waals surface area contributed by atoms with Crippen LogP contribution in [0.3, 0.4) is 0 Å². The molecule has 22 heavy (non-hydrogen) atoms. The quantitative estimate of drug-likeness (QED) is 0.423. The number of nitrogens with zero attached hydrogens (tertiary/aromatic N) is 2. The SMILES string of the molecule is CCN=C(NC1C(C)(C)C1(C)C)N1CCC2(CCOC2)C1.I. The average Bonchev–Trinajstić information content (AvgIpc) is 2.93. The van der Waals surface area contributed by atoms with Gasteiger partial charge < -0.3 is 15.0 Å². The second-order valence-electron chi connectivity index (χ2n) is 8.29. The van der Waals surface area contributed by atoms with E-state index < -0.39 is 0 Å². The fraction of sp³-hybridized carbons (Fsp3) is 0.941. The van der Waals surface area contributed by atoms with Crippen LogP contribution in [0.4, 0.5) is 0 Å². The van der Waals surface area contributed by atoms with Gasteiger partial charge in [-0.2, -0.15) is 0 Å². The maximum atomic E-state index is 5.64. The van der Waals surface area contributed by atoms with Gasteiger partial charge in [0.2, 0.25) is 0 Å². The fourth-order valence-electron chi connectivity index (χ4n) is 4.16. The van der Waals surface area contributed by atoms with Crippen molar-refractivity contribution in [2.45, 2.75) is 53.5 Å². The van der Waals surface area contributed by atoms with Crippen LogP contribution in [0.2, 0.25) is 0 Å². The third-order valence-electron chi connectivity index (χ3n) is 6.52. The molecular formula is C17H32IN3O. The first-order valence-electron chi connectivity index (χ1n) is 8.46. The molecule has 3 fully saturated rings. The molecule has 0 amide bonds. The highest BCUT2D eigenvalue weighted by atomic mass is 127. The highest BCUT2D eigenvalue weighted by Gasteiger charge is 2.65. The Morgan fingerprint density at radius 3 is 2.41 bits per heavy atom. The van der Waals surface area contributed by atoms with Crippen LogP contribution in [0.25, 0.3) is 0 Å². The molecule has 0 bridgehead atoms. The van der Waals surface area contributed by atoms with Gasteiger partial charge in [-0.25, -0.2) is 0 Å². The van der Waals surface area contributed by atoms with Gasteiger partial charge in [0, 0.05) is 37.7 Å². The van der Waals surface area contributed by atoms with Crippen LogP contribution in [0.15, 0.2) is 4.99 Å². The highest BCUT2D eigenvalue weighted by Crippen LogP contribution is 2.62. The van der Waals surface area contributed by atoms with Crippen molar-refractivity contribution in [1.29, 1.82) is 0 Å². The Morgan fingerprint density at radius 2 is 1.91 bits per heavy atom. The molecule has 0 aromatic heterocycles. The minimum absolute atomic E-state index is 0. The van der Waals surface area contributed by atoms with E-state index in [1.54, 1.807) is 0 Å². The van der Waals surface area contributed by atoms with E-state index in [-0.39, 0.29) is 24.0 Å². The van der Waals surface area contributed by atoms with Crippen LogP contribution in [0.5, 0.6) is 0 Å². The Balaban J connectivity index is 0.00000176. The van der Waals surface area contributed by atoms with E-state index in [9.17, 15) is 0 Å². The summed E-state index contributed by atoms with van der Waals surface area (Å²) in [5, 5.41) is 3.76. The molecule has 0 radical (unpaired) electrons. The maximum absolute atomic E-state index is 5.64. The Bertz CT molecular complexity index is 427. The van der Waals surface area contributed by atoms with Crippen molar-refractivity contribution in [3.63, 3.8) is 0 Å². The summed E-state index contributed by atoms with van der Waals surface area (Å²) >= 11 is 0. The predicted octanol–water partition coefficient (Wildman–Crippen LogP) is 3.12. The number of ether oxygens (including phenoxy) is 1. The van der Waals surface area contributed by atoms with E-state index in [4.69, 9.17) is 9.73 Å². The smallest absolute Gasteiger partial charge is 0.194 e. The van der Waals surface area contributed by atoms with Crippen LogP contribution in [-0.2, 0) is 4.74 Å². The highest BCUT2D eigenvalue weighted by molar-refractivity contribution is 14.0. The van der Waals surface area contributed by atoms with Gasteiger partial charge in [-0.15, -0.1) is 24.0 Å². The summed E-state index contributed by atoms with van der Waals surface area (Å²) in [5.74, 6) is 1.12. The Morgan fingerprint density at radius 1 is 1.23 bits per heavy atom. The zero-order valence-electron chi connectivity index (χ0n) is 14.7. The van der Waals surface area contributed by atoms with Gasteiger partial charge in [-0.1, -0.05) is 27.7 Å². The summed E-state index contributed by atoms with van der Waals surface area (Å²) in [6.07, 6.45) is 2.46. The Labute approximate surface area is 152 Å². The maximum Gasteiger partial charge on any atom is 0.194 e. The monoisotopic (exact) mass is 421 g/mol. The number of aliphatic imine (C=N–C) groups is 1. The van der Waals surface area contributed by atoms with Gasteiger partial charge in [0.05, 0.1) is 6.61 Å². The standard InChI is InChI=1S/C17H31N3O.HI/c1-6-18-14(19-13-15(2,3)16(13,4)5)20-9-7-17(11-20)8-10-21-12-17;/h13H,6-12H2,1-5H3,(H,18,19);1H. The first-order chi connectivity index (χ1) is 9.82. The van der Waals surface area contributed by atoms with Crippen LogP contribution >= 0.6 is 24.0 Å². The molecule has 128 valence electrons. The predicted molar refractivity (Wildman–Crippen MR) is 102 cm³/mol. The summed E-state index contributed by atoms with van der Waals surface area (Å²) in [5.41, 5.74) is 1.08. The lowest BCUT2D eigenvalue weighted by atomic mass is 9.87. The second kappa shape index (κ2) is 6.11. The number of guanidine groups is 1. The normalized spacial score (nSPS) is 33.1. The van der Waals surface area contributed by atoms with Crippen molar-refractivity contribution in [2.75, 3.05) is 32.8 Å². The van der Waals surface area contributed by atoms with Crippen LogP contribution in [0, 0.1) is 16.2 Å². The average molecular weight is 421 g/mol. The molecule has 2 heterocycles. The van der Waals surface area contributed by atoms with Gasteiger partial charge in [-0.05, 0) is 30.6 Å². The molecule has 1 atom stereocenters. The second-order valence-corrected chi connectivity index (χ2v) is 8.29. The minimum Gasteiger partial charge on any atom is -0.381 e. The van der Waals surface area contributed by atoms with Gasteiger partial charge in [0.1, 0.15) is 0 Å². The van der Waals surface area contributed by atoms with E-state index in [2.05, 4.69) is 44.8 Å². The molecule has 3 rings (SSSR count). The zero-order chi connectivity index (χ0) is 15.3. The first kappa shape index (κ1) is 18.3. The molecule has 2 saturated heterocycles. The molecule has 2 aliphatic heterocycles. The van der Waals surface area contributed by atoms with Crippen molar-refractivity contribution in [3.05, 3.63) is 0 Å². The fourth-order valence-corrected chi connectivity index (χ4v) is 4.16. The minimum atomic E-state index is 0. The molecule has 1 N–H and O–H groups in total. The third-order valence-corrected chi connectivity index (χ3v) is 6.52. The van der Waals surface area contributed by atoms with Gasteiger partial charge in [0.25, 0.3) is 0 Å². The molecule has 3 aliphatic rings. The number of likely N-dealkylation sites (tertiary alicyclic amines) is 1. The summed E-state index contributed by atoms with van der Waals surface area (Å²) in [7, 11) is 0. The number of hydrogen-bond acceptors (Lipinski definition) is 2. The molecule has 4 nitrogen and oxygen atoms in total. The molecular weight excluding hydrogens is 389 g/mol. The van der Waals surface area contributed by atoms with Crippen LogP contribution < -0.4 is 5.32 Å². The lowest BCUT2D eigenvalue weighted by Gasteiger charge is -2.26. The van der Waals surface area contributed by atoms with E-state index in [1.165, 1.54) is 12.8 Å². The van der Waals surface area contributed by atoms with E-state index in [1.807, 2.05) is 0 Å². The number of rotatable bonds is 2. The zero-order valence-corrected chi connectivity index (χ0v) is 17.1. The molecule has 1 unspecified atom stereocenters. The number of nitrogens with one attached hydrogen (secondary N) is 1. The lowest BCUT2D eigenvalue weighted by molar-refractivity contribution is 0.156. The Kier molecular flexibility index (Phi) is 5.09. The molecule has 1 saturated carbocycles. The number of halogens is 1. The summed E-state index contributed by atoms with van der Waals surface area (Å²) in [6, 6.07) is 0.520. The summed E-state index contributed by atoms with van der Waals surface area (Å²) in [4.78, 5) is 7.22. The van der Waals surface area contributed by atoms with Crippen molar-refractivity contribution in [1.82, 2.24) is 10.2 Å². The van der Waals surface area contributed by atoms with E-state index in [0.29, 0.717) is 22.3 Å².